The monoisotopic (exact) mass is 441 g/mol. The van der Waals surface area contributed by atoms with Crippen LogP contribution >= 0.6 is 11.6 Å². The second-order valence-corrected chi connectivity index (χ2v) is 9.64. The highest BCUT2D eigenvalue weighted by Gasteiger charge is 2.48. The number of rotatable bonds is 6. The first-order valence-electron chi connectivity index (χ1n) is 11.3. The van der Waals surface area contributed by atoms with E-state index in [9.17, 15) is 4.79 Å². The van der Waals surface area contributed by atoms with Gasteiger partial charge in [-0.2, -0.15) is 0 Å². The highest BCUT2D eigenvalue weighted by Crippen LogP contribution is 2.47. The number of carbonyl (C=O) groups is 1. The van der Waals surface area contributed by atoms with Gasteiger partial charge in [0.25, 0.3) is 0 Å². The van der Waals surface area contributed by atoms with E-state index in [-0.39, 0.29) is 12.3 Å². The molecule has 6 heteroatoms. The van der Waals surface area contributed by atoms with Crippen molar-refractivity contribution >= 4 is 23.3 Å². The average Bonchev–Trinajstić information content (AvgIpc) is 3.54. The molecule has 0 bridgehead atoms. The Morgan fingerprint density at radius 1 is 1.16 bits per heavy atom. The number of amides is 2. The summed E-state index contributed by atoms with van der Waals surface area (Å²) < 4.78 is 0. The Bertz CT molecular complexity index is 902. The van der Waals surface area contributed by atoms with Gasteiger partial charge in [-0.25, -0.2) is 4.79 Å². The fourth-order valence-electron chi connectivity index (χ4n) is 4.72. The van der Waals surface area contributed by atoms with Crippen molar-refractivity contribution in [2.45, 2.75) is 58.8 Å². The number of urea groups is 1. The molecule has 2 aromatic carbocycles. The Kier molecular flexibility index (Phi) is 6.85. The van der Waals surface area contributed by atoms with E-state index in [1.165, 1.54) is 19.3 Å². The van der Waals surface area contributed by atoms with Crippen molar-refractivity contribution in [1.82, 2.24) is 10.4 Å². The summed E-state index contributed by atoms with van der Waals surface area (Å²) in [6, 6.07) is 15.6. The predicted octanol–water partition coefficient (Wildman–Crippen LogP) is 6.37. The highest BCUT2D eigenvalue weighted by molar-refractivity contribution is 6.31. The van der Waals surface area contributed by atoms with Crippen LogP contribution in [-0.4, -0.2) is 17.1 Å². The summed E-state index contributed by atoms with van der Waals surface area (Å²) in [5.41, 5.74) is 2.76. The van der Waals surface area contributed by atoms with Gasteiger partial charge in [-0.3, -0.25) is 4.84 Å². The topological polar surface area (TPSA) is 56.7 Å². The molecule has 1 aliphatic heterocycles. The maximum atomic E-state index is 12.2. The molecule has 5 atom stereocenters. The van der Waals surface area contributed by atoms with Crippen molar-refractivity contribution in [2.24, 2.45) is 17.8 Å². The minimum absolute atomic E-state index is 0.0275. The van der Waals surface area contributed by atoms with Gasteiger partial charge < -0.3 is 10.6 Å². The second-order valence-electron chi connectivity index (χ2n) is 9.23. The van der Waals surface area contributed by atoms with Gasteiger partial charge in [0.15, 0.2) is 6.23 Å². The molecule has 2 fully saturated rings. The summed E-state index contributed by atoms with van der Waals surface area (Å²) in [6.45, 7) is 7.37. The van der Waals surface area contributed by atoms with Crippen molar-refractivity contribution in [3.63, 3.8) is 0 Å². The van der Waals surface area contributed by atoms with Crippen LogP contribution < -0.4 is 10.6 Å². The lowest BCUT2D eigenvalue weighted by Crippen LogP contribution is -2.37. The zero-order chi connectivity index (χ0) is 22.0. The maximum absolute atomic E-state index is 12.2. The SMILES string of the molecule is CC1CCC(C(C)C)C(N2OC2c2ccc(NC(=O)NCc3ccccc3Cl)cc2)C1. The summed E-state index contributed by atoms with van der Waals surface area (Å²) in [5.74, 6) is 2.10. The molecule has 2 aliphatic rings. The molecule has 5 unspecified atom stereocenters. The molecule has 2 amide bonds. The number of hydrogen-bond donors (Lipinski definition) is 2. The Labute approximate surface area is 190 Å². The van der Waals surface area contributed by atoms with Crippen LogP contribution in [0.4, 0.5) is 10.5 Å². The second kappa shape index (κ2) is 9.60. The highest BCUT2D eigenvalue weighted by atomic mass is 35.5. The maximum Gasteiger partial charge on any atom is 0.319 e. The standard InChI is InChI=1S/C25H32ClN3O2/c1-16(2)21-13-8-17(3)14-23(21)29-24(31-29)18-9-11-20(12-10-18)28-25(30)27-15-19-6-4-5-7-22(19)26/h4-7,9-12,16-17,21,23-24H,8,13-15H2,1-3H3,(H2,27,28,30). The van der Waals surface area contributed by atoms with E-state index >= 15 is 0 Å². The van der Waals surface area contributed by atoms with Crippen LogP contribution in [0.5, 0.6) is 0 Å². The minimum Gasteiger partial charge on any atom is -0.334 e. The van der Waals surface area contributed by atoms with E-state index in [4.69, 9.17) is 16.4 Å². The molecule has 1 heterocycles. The molecule has 31 heavy (non-hydrogen) atoms. The van der Waals surface area contributed by atoms with Crippen LogP contribution in [0.3, 0.4) is 0 Å². The number of anilines is 1. The zero-order valence-corrected chi connectivity index (χ0v) is 19.2. The summed E-state index contributed by atoms with van der Waals surface area (Å²) in [5, 5.41) is 8.55. The average molecular weight is 442 g/mol. The van der Waals surface area contributed by atoms with E-state index < -0.39 is 0 Å². The molecular formula is C25H32ClN3O2. The van der Waals surface area contributed by atoms with Crippen LogP contribution in [0.1, 0.15) is 57.4 Å². The lowest BCUT2D eigenvalue weighted by molar-refractivity contribution is 0.0435. The van der Waals surface area contributed by atoms with Crippen molar-refractivity contribution < 1.29 is 9.63 Å². The number of hydrogen-bond acceptors (Lipinski definition) is 3. The van der Waals surface area contributed by atoms with Gasteiger partial charge in [-0.15, -0.1) is 5.06 Å². The number of benzene rings is 2. The van der Waals surface area contributed by atoms with Crippen LogP contribution in [0.2, 0.25) is 5.02 Å². The summed E-state index contributed by atoms with van der Waals surface area (Å²) in [6.07, 6.45) is 3.82. The van der Waals surface area contributed by atoms with E-state index in [0.29, 0.717) is 29.4 Å². The molecule has 0 radical (unpaired) electrons. The third-order valence-corrected chi connectivity index (χ3v) is 6.94. The number of nitrogens with zero attached hydrogens (tertiary/aromatic N) is 1. The van der Waals surface area contributed by atoms with Crippen molar-refractivity contribution in [3.8, 4) is 0 Å². The zero-order valence-electron chi connectivity index (χ0n) is 18.5. The predicted molar refractivity (Wildman–Crippen MR) is 125 cm³/mol. The summed E-state index contributed by atoms with van der Waals surface area (Å²) >= 11 is 6.14. The Morgan fingerprint density at radius 2 is 1.90 bits per heavy atom. The minimum atomic E-state index is -0.257. The Balaban J connectivity index is 1.30. The van der Waals surface area contributed by atoms with Crippen molar-refractivity contribution in [2.75, 3.05) is 5.32 Å². The van der Waals surface area contributed by atoms with Crippen molar-refractivity contribution in [1.29, 1.82) is 0 Å². The normalized spacial score (nSPS) is 27.7. The smallest absolute Gasteiger partial charge is 0.319 e. The third-order valence-electron chi connectivity index (χ3n) is 6.57. The van der Waals surface area contributed by atoms with Crippen LogP contribution in [0.15, 0.2) is 48.5 Å². The van der Waals surface area contributed by atoms with Crippen molar-refractivity contribution in [3.05, 3.63) is 64.7 Å². The molecule has 2 aromatic rings. The lowest BCUT2D eigenvalue weighted by atomic mass is 9.74. The molecule has 4 rings (SSSR count). The van der Waals surface area contributed by atoms with Crippen LogP contribution in [0, 0.1) is 17.8 Å². The van der Waals surface area contributed by atoms with Gasteiger partial charge in [0.2, 0.25) is 0 Å². The Hall–Kier alpha value is -2.08. The molecular weight excluding hydrogens is 410 g/mol. The number of nitrogens with one attached hydrogen (secondary N) is 2. The summed E-state index contributed by atoms with van der Waals surface area (Å²) in [4.78, 5) is 18.2. The first kappa shape index (κ1) is 22.1. The molecule has 166 valence electrons. The molecule has 2 N–H and O–H groups in total. The number of halogens is 1. The molecule has 0 spiro atoms. The Morgan fingerprint density at radius 3 is 2.61 bits per heavy atom. The van der Waals surface area contributed by atoms with Gasteiger partial charge in [-0.1, -0.05) is 69.1 Å². The van der Waals surface area contributed by atoms with E-state index in [1.54, 1.807) is 0 Å². The third kappa shape index (κ3) is 5.40. The van der Waals surface area contributed by atoms with E-state index in [1.807, 2.05) is 48.5 Å². The first-order chi connectivity index (χ1) is 14.9. The first-order valence-corrected chi connectivity index (χ1v) is 11.6. The lowest BCUT2D eigenvalue weighted by Gasteiger charge is -2.37. The van der Waals surface area contributed by atoms with Gasteiger partial charge in [0.05, 0.1) is 0 Å². The van der Waals surface area contributed by atoms with Gasteiger partial charge in [-0.05, 0) is 59.9 Å². The molecule has 5 nitrogen and oxygen atoms in total. The summed E-state index contributed by atoms with van der Waals surface area (Å²) in [7, 11) is 0. The molecule has 1 aliphatic carbocycles. The largest absolute Gasteiger partial charge is 0.334 e. The van der Waals surface area contributed by atoms with Crippen LogP contribution in [-0.2, 0) is 11.4 Å². The van der Waals surface area contributed by atoms with Gasteiger partial charge in [0.1, 0.15) is 0 Å². The molecule has 1 saturated carbocycles. The van der Waals surface area contributed by atoms with E-state index in [2.05, 4.69) is 36.5 Å². The van der Waals surface area contributed by atoms with Gasteiger partial charge in [0, 0.05) is 23.3 Å². The van der Waals surface area contributed by atoms with Gasteiger partial charge >= 0.3 is 6.03 Å². The number of carbonyl (C=O) groups excluding carboxylic acids is 1. The fraction of sp³-hybridized carbons (Fsp3) is 0.480. The number of hydroxylamine groups is 2. The quantitative estimate of drug-likeness (QED) is 0.512. The fourth-order valence-corrected chi connectivity index (χ4v) is 4.92. The van der Waals surface area contributed by atoms with E-state index in [0.717, 1.165) is 22.7 Å². The van der Waals surface area contributed by atoms with Crippen LogP contribution in [0.25, 0.3) is 0 Å². The molecule has 1 saturated heterocycles. The molecule has 0 aromatic heterocycles.